The van der Waals surface area contributed by atoms with Gasteiger partial charge < -0.3 is 15.5 Å². The molecule has 0 saturated heterocycles. The largest absolute Gasteiger partial charge is 0.394 e. The van der Waals surface area contributed by atoms with E-state index in [1.165, 1.54) is 18.2 Å². The Morgan fingerprint density at radius 2 is 1.87 bits per heavy atom. The van der Waals surface area contributed by atoms with Gasteiger partial charge in [-0.2, -0.15) is 0 Å². The molecule has 0 aliphatic heterocycles. The smallest absolute Gasteiger partial charge is 0.254 e. The molecule has 1 amide bonds. The number of aliphatic hydroxyl groups excluding tert-OH is 2. The molecular weight excluding hydrogens is 321 g/mol. The number of nitrogens with one attached hydrogen (secondary N) is 1. The number of carbonyl (C=O) groups is 1. The fraction of sp³-hybridized carbons (Fsp3) is 0.235. The molecule has 0 unspecified atom stereocenters. The van der Waals surface area contributed by atoms with Gasteiger partial charge in [0.15, 0.2) is 5.82 Å². The Morgan fingerprint density at radius 3 is 2.52 bits per heavy atom. The highest BCUT2D eigenvalue weighted by Crippen LogP contribution is 2.20. The van der Waals surface area contributed by atoms with E-state index in [9.17, 15) is 19.4 Å². The second-order valence-corrected chi connectivity index (χ2v) is 5.52. The van der Waals surface area contributed by atoms with Gasteiger partial charge in [-0.15, -0.1) is 0 Å². The number of carbonyl (C=O) groups excluding carboxylic acids is 1. The van der Waals surface area contributed by atoms with Crippen molar-refractivity contribution >= 4 is 17.5 Å². The van der Waals surface area contributed by atoms with E-state index in [4.69, 9.17) is 11.6 Å². The average Bonchev–Trinajstić information content (AvgIpc) is 2.57. The molecule has 2 aromatic rings. The van der Waals surface area contributed by atoms with Gasteiger partial charge in [-0.3, -0.25) is 4.79 Å². The highest BCUT2D eigenvalue weighted by atomic mass is 35.5. The predicted molar refractivity (Wildman–Crippen MR) is 85.8 cm³/mol. The zero-order chi connectivity index (χ0) is 16.8. The van der Waals surface area contributed by atoms with Crippen LogP contribution in [-0.4, -0.2) is 28.8 Å². The number of benzene rings is 2. The van der Waals surface area contributed by atoms with Crippen molar-refractivity contribution in [3.63, 3.8) is 0 Å². The zero-order valence-electron chi connectivity index (χ0n) is 12.2. The maximum Gasteiger partial charge on any atom is 0.254 e. The third kappa shape index (κ3) is 4.51. The average molecular weight is 338 g/mol. The van der Waals surface area contributed by atoms with Gasteiger partial charge >= 0.3 is 0 Å². The molecule has 0 bridgehead atoms. The first-order valence-electron chi connectivity index (χ1n) is 7.11. The Morgan fingerprint density at radius 1 is 1.17 bits per heavy atom. The Kier molecular flexibility index (Phi) is 6.10. The van der Waals surface area contributed by atoms with E-state index >= 15 is 0 Å². The fourth-order valence-electron chi connectivity index (χ4n) is 2.20. The van der Waals surface area contributed by atoms with E-state index in [0.29, 0.717) is 5.56 Å². The molecule has 0 saturated carbocycles. The Bertz CT molecular complexity index is 666. The lowest BCUT2D eigenvalue weighted by molar-refractivity contribution is 0.0862. The number of rotatable bonds is 6. The summed E-state index contributed by atoms with van der Waals surface area (Å²) >= 11 is 5.65. The second-order valence-electron chi connectivity index (χ2n) is 5.12. The molecule has 3 N–H and O–H groups in total. The van der Waals surface area contributed by atoms with Crippen molar-refractivity contribution in [2.24, 2.45) is 0 Å². The molecular formula is C17H17ClFNO3. The van der Waals surface area contributed by atoms with E-state index in [1.54, 1.807) is 24.3 Å². The van der Waals surface area contributed by atoms with Crippen LogP contribution in [-0.2, 0) is 0 Å². The van der Waals surface area contributed by atoms with E-state index < -0.39 is 23.9 Å². The summed E-state index contributed by atoms with van der Waals surface area (Å²) in [5.74, 6) is -1.50. The fourth-order valence-corrected chi connectivity index (χ4v) is 2.38. The van der Waals surface area contributed by atoms with Crippen molar-refractivity contribution in [3.05, 3.63) is 70.5 Å². The summed E-state index contributed by atoms with van der Waals surface area (Å²) in [4.78, 5) is 12.1. The predicted octanol–water partition coefficient (Wildman–Crippen LogP) is 2.69. The van der Waals surface area contributed by atoms with Crippen LogP contribution in [0.4, 0.5) is 4.39 Å². The first kappa shape index (κ1) is 17.4. The van der Waals surface area contributed by atoms with Crippen LogP contribution in [0.3, 0.4) is 0 Å². The molecule has 4 nitrogen and oxygen atoms in total. The maximum atomic E-state index is 13.8. The van der Waals surface area contributed by atoms with Gasteiger partial charge in [-0.05, 0) is 24.1 Å². The molecule has 122 valence electrons. The van der Waals surface area contributed by atoms with E-state index in [-0.39, 0.29) is 23.6 Å². The van der Waals surface area contributed by atoms with Crippen molar-refractivity contribution in [3.8, 4) is 0 Å². The number of aliphatic hydroxyl groups is 2. The van der Waals surface area contributed by atoms with Crippen LogP contribution in [0.15, 0.2) is 48.5 Å². The minimum atomic E-state index is -0.849. The molecule has 0 heterocycles. The van der Waals surface area contributed by atoms with Gasteiger partial charge in [-0.25, -0.2) is 4.39 Å². The Balaban J connectivity index is 2.04. The highest BCUT2D eigenvalue weighted by molar-refractivity contribution is 6.31. The van der Waals surface area contributed by atoms with Crippen LogP contribution < -0.4 is 5.32 Å². The van der Waals surface area contributed by atoms with Gasteiger partial charge in [0, 0.05) is 0 Å². The molecule has 2 rings (SSSR count). The lowest BCUT2D eigenvalue weighted by atomic mass is 10.0. The van der Waals surface area contributed by atoms with Crippen molar-refractivity contribution in [1.82, 2.24) is 5.32 Å². The van der Waals surface area contributed by atoms with Crippen LogP contribution in [0.5, 0.6) is 0 Å². The third-order valence-corrected chi connectivity index (χ3v) is 3.74. The highest BCUT2D eigenvalue weighted by Gasteiger charge is 2.20. The van der Waals surface area contributed by atoms with E-state index in [2.05, 4.69) is 5.32 Å². The Hall–Kier alpha value is -1.95. The number of halogens is 2. The minimum absolute atomic E-state index is 0.106. The Labute approximate surface area is 138 Å². The normalized spacial score (nSPS) is 13.4. The zero-order valence-corrected chi connectivity index (χ0v) is 13.0. The van der Waals surface area contributed by atoms with Gasteiger partial charge in [-0.1, -0.05) is 48.0 Å². The molecule has 0 radical (unpaired) electrons. The number of hydrogen-bond acceptors (Lipinski definition) is 3. The lowest BCUT2D eigenvalue weighted by Gasteiger charge is -2.20. The second kappa shape index (κ2) is 8.06. The van der Waals surface area contributed by atoms with Crippen LogP contribution in [0.25, 0.3) is 0 Å². The van der Waals surface area contributed by atoms with Crippen molar-refractivity contribution < 1.29 is 19.4 Å². The topological polar surface area (TPSA) is 69.6 Å². The standard InChI is InChI=1S/C17H17ClFNO3/c18-14-8-4-7-13(16(14)19)17(23)20-12(10-21)9-15(22)11-5-2-1-3-6-11/h1-8,12,15,21-22H,9-10H2,(H,20,23)/t12-,15-/m0/s1. The molecule has 0 aliphatic rings. The molecule has 6 heteroatoms. The summed E-state index contributed by atoms with van der Waals surface area (Å²) in [7, 11) is 0. The maximum absolute atomic E-state index is 13.8. The summed E-state index contributed by atoms with van der Waals surface area (Å²) < 4.78 is 13.8. The number of amides is 1. The van der Waals surface area contributed by atoms with E-state index in [1.807, 2.05) is 6.07 Å². The first-order valence-corrected chi connectivity index (χ1v) is 7.49. The van der Waals surface area contributed by atoms with Crippen molar-refractivity contribution in [2.45, 2.75) is 18.6 Å². The van der Waals surface area contributed by atoms with E-state index in [0.717, 1.165) is 0 Å². The number of hydrogen-bond donors (Lipinski definition) is 3. The molecule has 2 aromatic carbocycles. The third-order valence-electron chi connectivity index (χ3n) is 3.44. The molecule has 2 atom stereocenters. The summed E-state index contributed by atoms with van der Waals surface area (Å²) in [5.41, 5.74) is 0.472. The molecule has 0 aliphatic carbocycles. The van der Waals surface area contributed by atoms with Crippen molar-refractivity contribution in [2.75, 3.05) is 6.61 Å². The monoisotopic (exact) mass is 337 g/mol. The summed E-state index contributed by atoms with van der Waals surface area (Å²) in [6.45, 7) is -0.377. The first-order chi connectivity index (χ1) is 11.0. The molecule has 0 fully saturated rings. The van der Waals surface area contributed by atoms with Crippen LogP contribution >= 0.6 is 11.6 Å². The quantitative estimate of drug-likeness (QED) is 0.759. The molecule has 0 spiro atoms. The SMILES string of the molecule is O=C(N[C@H](CO)C[C@H](O)c1ccccc1)c1cccc(Cl)c1F. The van der Waals surface area contributed by atoms with Gasteiger partial charge in [0.05, 0.1) is 29.3 Å². The van der Waals surface area contributed by atoms with Crippen LogP contribution in [0.1, 0.15) is 28.4 Å². The molecule has 23 heavy (non-hydrogen) atoms. The van der Waals surface area contributed by atoms with Gasteiger partial charge in [0.2, 0.25) is 0 Å². The summed E-state index contributed by atoms with van der Waals surface area (Å²) in [6.07, 6.45) is -0.744. The summed E-state index contributed by atoms with van der Waals surface area (Å²) in [5, 5.41) is 21.9. The van der Waals surface area contributed by atoms with Gasteiger partial charge in [0.1, 0.15) is 0 Å². The lowest BCUT2D eigenvalue weighted by Crippen LogP contribution is -2.39. The van der Waals surface area contributed by atoms with Crippen LogP contribution in [0.2, 0.25) is 5.02 Å². The van der Waals surface area contributed by atoms with Crippen LogP contribution in [0, 0.1) is 5.82 Å². The van der Waals surface area contributed by atoms with Gasteiger partial charge in [0.25, 0.3) is 5.91 Å². The van der Waals surface area contributed by atoms with Crippen molar-refractivity contribution in [1.29, 1.82) is 0 Å². The summed E-state index contributed by atoms with van der Waals surface area (Å²) in [6, 6.07) is 12.3. The molecule has 0 aromatic heterocycles. The minimum Gasteiger partial charge on any atom is -0.394 e.